The predicted molar refractivity (Wildman–Crippen MR) is 110 cm³/mol. The summed E-state index contributed by atoms with van der Waals surface area (Å²) in [4.78, 5) is 18.6. The number of nitrogens with zero attached hydrogens (tertiary/aromatic N) is 3. The molecule has 0 N–H and O–H groups in total. The lowest BCUT2D eigenvalue weighted by atomic mass is 10.1. The van der Waals surface area contributed by atoms with Gasteiger partial charge >= 0.3 is 0 Å². The molecule has 1 aliphatic heterocycles. The third kappa shape index (κ3) is 4.91. The Morgan fingerprint density at radius 2 is 1.89 bits per heavy atom. The Kier molecular flexibility index (Phi) is 6.54. The molecular weight excluding hydrogens is 354 g/mol. The Hall–Kier alpha value is -2.29. The molecule has 1 fully saturated rings. The Labute approximate surface area is 165 Å². The molecule has 1 saturated heterocycles. The number of hydrogen-bond donors (Lipinski definition) is 0. The average molecular weight is 380 g/mol. The highest BCUT2D eigenvalue weighted by molar-refractivity contribution is 7.98. The first kappa shape index (κ1) is 19.5. The van der Waals surface area contributed by atoms with Gasteiger partial charge in [-0.15, -0.1) is 11.8 Å². The van der Waals surface area contributed by atoms with Crippen LogP contribution in [0.15, 0.2) is 47.4 Å². The molecule has 0 atom stereocenters. The van der Waals surface area contributed by atoms with E-state index in [0.717, 1.165) is 55.2 Å². The predicted octanol–water partition coefficient (Wildman–Crippen LogP) is 3.94. The Morgan fingerprint density at radius 1 is 1.11 bits per heavy atom. The van der Waals surface area contributed by atoms with Gasteiger partial charge < -0.3 is 4.90 Å². The van der Waals surface area contributed by atoms with Crippen LogP contribution in [0.1, 0.15) is 33.5 Å². The lowest BCUT2D eigenvalue weighted by molar-refractivity contribution is 0.0760. The first-order valence-corrected chi connectivity index (χ1v) is 10.5. The second kappa shape index (κ2) is 9.07. The fourth-order valence-electron chi connectivity index (χ4n) is 3.40. The molecule has 27 heavy (non-hydrogen) atoms. The van der Waals surface area contributed by atoms with E-state index >= 15 is 0 Å². The SMILES string of the molecule is CSc1ccc(C)c(C(=O)N2CCCN(Cc3ccc(C#N)cc3)CC2)c1. The summed E-state index contributed by atoms with van der Waals surface area (Å²) in [5, 5.41) is 8.92. The molecule has 1 heterocycles. The molecule has 140 valence electrons. The molecule has 4 nitrogen and oxygen atoms in total. The summed E-state index contributed by atoms with van der Waals surface area (Å²) in [5.74, 6) is 0.142. The summed E-state index contributed by atoms with van der Waals surface area (Å²) < 4.78 is 0. The number of carbonyl (C=O) groups excluding carboxylic acids is 1. The molecule has 3 rings (SSSR count). The van der Waals surface area contributed by atoms with Crippen LogP contribution >= 0.6 is 11.8 Å². The minimum Gasteiger partial charge on any atom is -0.337 e. The van der Waals surface area contributed by atoms with Gasteiger partial charge in [0.25, 0.3) is 5.91 Å². The maximum Gasteiger partial charge on any atom is 0.254 e. The van der Waals surface area contributed by atoms with E-state index in [9.17, 15) is 4.79 Å². The van der Waals surface area contributed by atoms with E-state index in [1.54, 1.807) is 11.8 Å². The normalized spacial score (nSPS) is 15.2. The van der Waals surface area contributed by atoms with Crippen molar-refractivity contribution in [1.82, 2.24) is 9.80 Å². The zero-order chi connectivity index (χ0) is 19.2. The number of rotatable bonds is 4. The molecule has 5 heteroatoms. The smallest absolute Gasteiger partial charge is 0.254 e. The number of amides is 1. The van der Waals surface area contributed by atoms with E-state index < -0.39 is 0 Å². The average Bonchev–Trinajstić information content (AvgIpc) is 2.94. The second-order valence-electron chi connectivity index (χ2n) is 6.91. The third-order valence-corrected chi connectivity index (χ3v) is 5.77. The van der Waals surface area contributed by atoms with Crippen molar-refractivity contribution in [3.8, 4) is 6.07 Å². The van der Waals surface area contributed by atoms with Gasteiger partial charge in [-0.1, -0.05) is 18.2 Å². The van der Waals surface area contributed by atoms with Crippen LogP contribution in [0.2, 0.25) is 0 Å². The number of nitriles is 1. The quantitative estimate of drug-likeness (QED) is 0.755. The second-order valence-corrected chi connectivity index (χ2v) is 7.79. The van der Waals surface area contributed by atoms with Gasteiger partial charge in [0, 0.05) is 43.2 Å². The number of aryl methyl sites for hydroxylation is 1. The molecule has 1 amide bonds. The van der Waals surface area contributed by atoms with E-state index in [1.807, 2.05) is 54.5 Å². The van der Waals surface area contributed by atoms with Crippen LogP contribution in [0.4, 0.5) is 0 Å². The van der Waals surface area contributed by atoms with E-state index in [4.69, 9.17) is 5.26 Å². The van der Waals surface area contributed by atoms with Crippen LogP contribution < -0.4 is 0 Å². The van der Waals surface area contributed by atoms with Crippen molar-refractivity contribution in [1.29, 1.82) is 5.26 Å². The third-order valence-electron chi connectivity index (χ3n) is 5.04. The van der Waals surface area contributed by atoms with Gasteiger partial charge in [0.1, 0.15) is 0 Å². The van der Waals surface area contributed by atoms with E-state index in [2.05, 4.69) is 17.0 Å². The largest absolute Gasteiger partial charge is 0.337 e. The number of carbonyl (C=O) groups is 1. The molecular formula is C22H25N3OS. The standard InChI is InChI=1S/C22H25N3OS/c1-17-4-9-20(27-2)14-21(17)22(26)25-11-3-10-24(12-13-25)16-19-7-5-18(15-23)6-8-19/h4-9,14H,3,10-13,16H2,1-2H3. The molecule has 2 aromatic rings. The molecule has 0 aliphatic carbocycles. The van der Waals surface area contributed by atoms with Gasteiger partial charge in [-0.05, 0) is 55.0 Å². The first-order chi connectivity index (χ1) is 13.1. The maximum atomic E-state index is 13.0. The van der Waals surface area contributed by atoms with Crippen LogP contribution in [0.25, 0.3) is 0 Å². The van der Waals surface area contributed by atoms with E-state index in [1.165, 1.54) is 5.56 Å². The van der Waals surface area contributed by atoms with Gasteiger partial charge in [0.2, 0.25) is 0 Å². The van der Waals surface area contributed by atoms with E-state index in [-0.39, 0.29) is 5.91 Å². The van der Waals surface area contributed by atoms with Crippen molar-refractivity contribution in [2.45, 2.75) is 24.8 Å². The highest BCUT2D eigenvalue weighted by atomic mass is 32.2. The van der Waals surface area contributed by atoms with Crippen LogP contribution in [-0.4, -0.2) is 48.1 Å². The molecule has 0 saturated carbocycles. The Bertz CT molecular complexity index is 842. The number of thioether (sulfide) groups is 1. The summed E-state index contributed by atoms with van der Waals surface area (Å²) in [6.07, 6.45) is 3.01. The van der Waals surface area contributed by atoms with Crippen LogP contribution in [0.3, 0.4) is 0 Å². The Morgan fingerprint density at radius 3 is 2.59 bits per heavy atom. The Balaban J connectivity index is 1.64. The maximum absolute atomic E-state index is 13.0. The topological polar surface area (TPSA) is 47.3 Å². The highest BCUT2D eigenvalue weighted by Gasteiger charge is 2.21. The zero-order valence-electron chi connectivity index (χ0n) is 15.9. The number of benzene rings is 2. The molecule has 1 aliphatic rings. The summed E-state index contributed by atoms with van der Waals surface area (Å²) in [7, 11) is 0. The minimum absolute atomic E-state index is 0.142. The molecule has 2 aromatic carbocycles. The van der Waals surface area contributed by atoms with Gasteiger partial charge in [-0.25, -0.2) is 0 Å². The van der Waals surface area contributed by atoms with Crippen LogP contribution in [0.5, 0.6) is 0 Å². The van der Waals surface area contributed by atoms with Crippen molar-refractivity contribution in [3.63, 3.8) is 0 Å². The monoisotopic (exact) mass is 379 g/mol. The fraction of sp³-hybridized carbons (Fsp3) is 0.364. The van der Waals surface area contributed by atoms with Crippen molar-refractivity contribution < 1.29 is 4.79 Å². The van der Waals surface area contributed by atoms with Crippen LogP contribution in [-0.2, 0) is 6.54 Å². The summed E-state index contributed by atoms with van der Waals surface area (Å²) in [5.41, 5.74) is 3.76. The summed E-state index contributed by atoms with van der Waals surface area (Å²) in [6, 6.07) is 16.0. The molecule has 0 unspecified atom stereocenters. The fourth-order valence-corrected chi connectivity index (χ4v) is 3.84. The van der Waals surface area contributed by atoms with Gasteiger partial charge in [-0.3, -0.25) is 9.69 Å². The zero-order valence-corrected chi connectivity index (χ0v) is 16.8. The highest BCUT2D eigenvalue weighted by Crippen LogP contribution is 2.21. The van der Waals surface area contributed by atoms with Crippen molar-refractivity contribution in [3.05, 3.63) is 64.7 Å². The first-order valence-electron chi connectivity index (χ1n) is 9.26. The van der Waals surface area contributed by atoms with E-state index in [0.29, 0.717) is 5.56 Å². The summed E-state index contributed by atoms with van der Waals surface area (Å²) in [6.45, 7) is 6.26. The minimum atomic E-state index is 0.142. The van der Waals surface area contributed by atoms with Gasteiger partial charge in [-0.2, -0.15) is 5.26 Å². The number of hydrogen-bond acceptors (Lipinski definition) is 4. The molecule has 0 radical (unpaired) electrons. The van der Waals surface area contributed by atoms with Gasteiger partial charge in [0.05, 0.1) is 11.6 Å². The summed E-state index contributed by atoms with van der Waals surface area (Å²) >= 11 is 1.66. The van der Waals surface area contributed by atoms with Crippen molar-refractivity contribution in [2.75, 3.05) is 32.4 Å². The molecule has 0 spiro atoms. The van der Waals surface area contributed by atoms with Crippen molar-refractivity contribution in [2.24, 2.45) is 0 Å². The molecule has 0 aromatic heterocycles. The van der Waals surface area contributed by atoms with Crippen molar-refractivity contribution >= 4 is 17.7 Å². The lowest BCUT2D eigenvalue weighted by Gasteiger charge is -2.23. The lowest BCUT2D eigenvalue weighted by Crippen LogP contribution is -2.35. The molecule has 0 bridgehead atoms. The van der Waals surface area contributed by atoms with Gasteiger partial charge in [0.15, 0.2) is 0 Å². The van der Waals surface area contributed by atoms with Crippen LogP contribution in [0, 0.1) is 18.3 Å².